The van der Waals surface area contributed by atoms with Gasteiger partial charge in [0.2, 0.25) is 0 Å². The van der Waals surface area contributed by atoms with Crippen LogP contribution in [0.15, 0.2) is 6.07 Å². The second-order valence-corrected chi connectivity index (χ2v) is 7.44. The summed E-state index contributed by atoms with van der Waals surface area (Å²) in [6.45, 7) is 17.8. The Kier molecular flexibility index (Phi) is 3.79. The van der Waals surface area contributed by atoms with Crippen LogP contribution in [0, 0.1) is 0 Å². The fourth-order valence-electron chi connectivity index (χ4n) is 3.32. The summed E-state index contributed by atoms with van der Waals surface area (Å²) in [5, 5.41) is 0. The fraction of sp³-hybridized carbons (Fsp3) is 0.667. The van der Waals surface area contributed by atoms with E-state index in [4.69, 9.17) is 4.74 Å². The third-order valence-corrected chi connectivity index (χ3v) is 4.05. The van der Waals surface area contributed by atoms with E-state index in [0.717, 1.165) is 13.2 Å². The van der Waals surface area contributed by atoms with Crippen molar-refractivity contribution in [1.82, 2.24) is 0 Å². The Hall–Kier alpha value is -0.820. The molecule has 0 aromatic heterocycles. The molecule has 0 bridgehead atoms. The van der Waals surface area contributed by atoms with Crippen LogP contribution in [0.1, 0.15) is 88.1 Å². The number of benzene rings is 1. The third-order valence-electron chi connectivity index (χ3n) is 4.05. The van der Waals surface area contributed by atoms with E-state index in [0.29, 0.717) is 11.8 Å². The quantitative estimate of drug-likeness (QED) is 0.704. The molecular formula is C18H28O. The first-order valence-corrected chi connectivity index (χ1v) is 7.50. The van der Waals surface area contributed by atoms with E-state index in [9.17, 15) is 0 Å². The monoisotopic (exact) mass is 260 g/mol. The summed E-state index contributed by atoms with van der Waals surface area (Å²) in [5.74, 6) is 1.13. The highest BCUT2D eigenvalue weighted by Crippen LogP contribution is 2.42. The molecule has 0 amide bonds. The molecule has 0 spiro atoms. The number of hydrogen-bond donors (Lipinski definition) is 0. The van der Waals surface area contributed by atoms with Gasteiger partial charge in [0, 0.05) is 0 Å². The van der Waals surface area contributed by atoms with Gasteiger partial charge in [-0.1, -0.05) is 54.5 Å². The van der Waals surface area contributed by atoms with Gasteiger partial charge in [-0.05, 0) is 45.1 Å². The maximum atomic E-state index is 5.71. The Morgan fingerprint density at radius 3 is 2.11 bits per heavy atom. The number of fused-ring (bicyclic) bond motifs is 1. The van der Waals surface area contributed by atoms with Crippen LogP contribution in [0.4, 0.5) is 0 Å². The molecule has 1 aliphatic rings. The summed E-state index contributed by atoms with van der Waals surface area (Å²) >= 11 is 0. The van der Waals surface area contributed by atoms with Crippen LogP contribution in [-0.2, 0) is 23.4 Å². The van der Waals surface area contributed by atoms with Gasteiger partial charge in [0.15, 0.2) is 0 Å². The number of hydrogen-bond acceptors (Lipinski definition) is 1. The maximum absolute atomic E-state index is 5.71. The lowest BCUT2D eigenvalue weighted by molar-refractivity contribution is 0.134. The van der Waals surface area contributed by atoms with Crippen LogP contribution in [-0.4, -0.2) is 0 Å². The topological polar surface area (TPSA) is 9.23 Å². The van der Waals surface area contributed by atoms with Crippen molar-refractivity contribution in [3.63, 3.8) is 0 Å². The smallest absolute Gasteiger partial charge is 0.0727 e. The normalized spacial score (nSPS) is 15.4. The zero-order chi connectivity index (χ0) is 14.4. The van der Waals surface area contributed by atoms with E-state index in [1.807, 2.05) is 0 Å². The molecule has 19 heavy (non-hydrogen) atoms. The van der Waals surface area contributed by atoms with Crippen molar-refractivity contribution in [2.24, 2.45) is 0 Å². The molecule has 1 heteroatoms. The van der Waals surface area contributed by atoms with E-state index in [2.05, 4.69) is 54.5 Å². The fourth-order valence-corrected chi connectivity index (χ4v) is 3.32. The first-order chi connectivity index (χ1) is 8.73. The van der Waals surface area contributed by atoms with Crippen molar-refractivity contribution in [2.75, 3.05) is 0 Å². The Morgan fingerprint density at radius 1 is 1.00 bits per heavy atom. The summed E-state index contributed by atoms with van der Waals surface area (Å²) in [4.78, 5) is 0. The second-order valence-electron chi connectivity index (χ2n) is 7.44. The Bertz CT molecular complexity index is 475. The van der Waals surface area contributed by atoms with E-state index in [1.165, 1.54) is 16.7 Å². The van der Waals surface area contributed by atoms with Crippen molar-refractivity contribution < 1.29 is 4.74 Å². The predicted octanol–water partition coefficient (Wildman–Crippen LogP) is 5.26. The van der Waals surface area contributed by atoms with Crippen LogP contribution in [0.3, 0.4) is 0 Å². The highest BCUT2D eigenvalue weighted by molar-refractivity contribution is 5.52. The van der Waals surface area contributed by atoms with Crippen molar-refractivity contribution in [3.8, 4) is 0 Å². The maximum Gasteiger partial charge on any atom is 0.0727 e. The average molecular weight is 260 g/mol. The minimum absolute atomic E-state index is 0.191. The van der Waals surface area contributed by atoms with E-state index in [-0.39, 0.29) is 5.41 Å². The Labute approximate surface area is 118 Å². The van der Waals surface area contributed by atoms with Gasteiger partial charge in [0.05, 0.1) is 13.2 Å². The molecule has 0 N–H and O–H groups in total. The Morgan fingerprint density at radius 2 is 1.63 bits per heavy atom. The van der Waals surface area contributed by atoms with Crippen molar-refractivity contribution >= 4 is 0 Å². The van der Waals surface area contributed by atoms with E-state index in [1.54, 1.807) is 11.1 Å². The molecule has 2 rings (SSSR count). The summed E-state index contributed by atoms with van der Waals surface area (Å²) in [6.07, 6.45) is 0. The van der Waals surface area contributed by atoms with Crippen LogP contribution >= 0.6 is 0 Å². The molecule has 0 atom stereocenters. The predicted molar refractivity (Wildman–Crippen MR) is 81.8 cm³/mol. The van der Waals surface area contributed by atoms with Gasteiger partial charge in [-0.2, -0.15) is 0 Å². The summed E-state index contributed by atoms with van der Waals surface area (Å²) in [7, 11) is 0. The van der Waals surface area contributed by atoms with Crippen molar-refractivity contribution in [3.05, 3.63) is 33.9 Å². The lowest BCUT2D eigenvalue weighted by Gasteiger charge is -2.31. The van der Waals surface area contributed by atoms with Gasteiger partial charge >= 0.3 is 0 Å². The van der Waals surface area contributed by atoms with Crippen LogP contribution in [0.25, 0.3) is 0 Å². The zero-order valence-electron chi connectivity index (χ0n) is 13.6. The van der Waals surface area contributed by atoms with Gasteiger partial charge < -0.3 is 4.74 Å². The molecule has 0 radical (unpaired) electrons. The highest BCUT2D eigenvalue weighted by Gasteiger charge is 2.29. The second kappa shape index (κ2) is 4.94. The first kappa shape index (κ1) is 14.6. The van der Waals surface area contributed by atoms with Gasteiger partial charge in [-0.25, -0.2) is 0 Å². The Balaban J connectivity index is 2.80. The van der Waals surface area contributed by atoms with Gasteiger partial charge in [-0.3, -0.25) is 0 Å². The summed E-state index contributed by atoms with van der Waals surface area (Å²) in [6, 6.07) is 2.40. The molecule has 0 saturated heterocycles. The van der Waals surface area contributed by atoms with Crippen LogP contribution < -0.4 is 0 Å². The third kappa shape index (κ3) is 2.58. The average Bonchev–Trinajstić information content (AvgIpc) is 2.71. The zero-order valence-corrected chi connectivity index (χ0v) is 13.6. The van der Waals surface area contributed by atoms with Crippen LogP contribution in [0.5, 0.6) is 0 Å². The molecule has 0 saturated carbocycles. The molecule has 1 heterocycles. The molecule has 106 valence electrons. The minimum atomic E-state index is 0.191. The molecule has 0 fully saturated rings. The SMILES string of the molecule is CC(C)c1cc2c(c(C(C)C)c1C(C)(C)C)COC2. The molecular weight excluding hydrogens is 232 g/mol. The van der Waals surface area contributed by atoms with Crippen molar-refractivity contribution in [2.45, 2.75) is 78.9 Å². The van der Waals surface area contributed by atoms with Crippen molar-refractivity contribution in [1.29, 1.82) is 0 Å². The molecule has 1 nitrogen and oxygen atoms in total. The minimum Gasteiger partial charge on any atom is -0.372 e. The summed E-state index contributed by atoms with van der Waals surface area (Å²) in [5.41, 5.74) is 7.69. The molecule has 1 aliphatic heterocycles. The standard InChI is InChI=1S/C18H28O/c1-11(2)14-8-13-9-19-10-15(13)16(12(3)4)17(14)18(5,6)7/h8,11-12H,9-10H2,1-7H3. The molecule has 1 aromatic rings. The molecule has 0 unspecified atom stereocenters. The van der Waals surface area contributed by atoms with E-state index < -0.39 is 0 Å². The van der Waals surface area contributed by atoms with Gasteiger partial charge in [0.25, 0.3) is 0 Å². The lowest BCUT2D eigenvalue weighted by Crippen LogP contribution is -2.20. The lowest BCUT2D eigenvalue weighted by atomic mass is 9.73. The first-order valence-electron chi connectivity index (χ1n) is 7.50. The largest absolute Gasteiger partial charge is 0.372 e. The highest BCUT2D eigenvalue weighted by atomic mass is 16.5. The number of ether oxygens (including phenoxy) is 1. The van der Waals surface area contributed by atoms with Gasteiger partial charge in [-0.15, -0.1) is 0 Å². The van der Waals surface area contributed by atoms with Crippen LogP contribution in [0.2, 0.25) is 0 Å². The van der Waals surface area contributed by atoms with E-state index >= 15 is 0 Å². The number of rotatable bonds is 2. The summed E-state index contributed by atoms with van der Waals surface area (Å²) < 4.78 is 5.71. The molecule has 1 aromatic carbocycles. The molecule has 0 aliphatic carbocycles. The van der Waals surface area contributed by atoms with Gasteiger partial charge in [0.1, 0.15) is 0 Å².